The number of aliphatic hydroxyl groups is 1. The Bertz CT molecular complexity index is 1040. The van der Waals surface area contributed by atoms with Gasteiger partial charge >= 0.3 is 6.61 Å². The molecule has 0 aliphatic carbocycles. The molecule has 0 unspecified atom stereocenters. The van der Waals surface area contributed by atoms with E-state index in [-0.39, 0.29) is 17.3 Å². The molecule has 11 heteroatoms. The van der Waals surface area contributed by atoms with Gasteiger partial charge in [0.25, 0.3) is 5.91 Å². The lowest BCUT2D eigenvalue weighted by Crippen LogP contribution is -2.18. The average Bonchev–Trinajstić information content (AvgIpc) is 3.17. The number of alkyl halides is 2. The van der Waals surface area contributed by atoms with E-state index in [1.165, 1.54) is 30.5 Å². The molecule has 3 rings (SSSR count). The topological polar surface area (TPSA) is 108 Å². The minimum atomic E-state index is -2.96. The maximum atomic E-state index is 14.3. The standard InChI is InChI=1S/C19H14F4N2O5/c20-11-5-6-13(16(21)15(11)17(24)27)30-14(7-26)18-25-12(8-28-18)9-1-3-10(4-2-9)29-19(22)23/h1-6,8,14,19,26H,7H2,(H2,24,27)/t14-/m1/s1. The first-order valence-electron chi connectivity index (χ1n) is 8.36. The van der Waals surface area contributed by atoms with Crippen LogP contribution in [-0.4, -0.2) is 29.2 Å². The highest BCUT2D eigenvalue weighted by molar-refractivity contribution is 5.93. The van der Waals surface area contributed by atoms with Crippen LogP contribution in [-0.2, 0) is 0 Å². The van der Waals surface area contributed by atoms with E-state index in [0.717, 1.165) is 12.1 Å². The molecule has 0 fully saturated rings. The van der Waals surface area contributed by atoms with Crippen LogP contribution in [0.25, 0.3) is 11.3 Å². The molecular weight excluding hydrogens is 412 g/mol. The number of nitrogens with two attached hydrogens (primary N) is 1. The van der Waals surface area contributed by atoms with Crippen molar-refractivity contribution >= 4 is 5.91 Å². The second-order valence-electron chi connectivity index (χ2n) is 5.86. The summed E-state index contributed by atoms with van der Waals surface area (Å²) in [6, 6.07) is 7.21. The number of benzene rings is 2. The molecule has 0 spiro atoms. The van der Waals surface area contributed by atoms with Crippen LogP contribution in [0.1, 0.15) is 22.4 Å². The third-order valence-electron chi connectivity index (χ3n) is 3.91. The van der Waals surface area contributed by atoms with Crippen molar-refractivity contribution in [2.75, 3.05) is 6.61 Å². The smallest absolute Gasteiger partial charge is 0.387 e. The molecule has 0 aliphatic heterocycles. The normalized spacial score (nSPS) is 12.1. The van der Waals surface area contributed by atoms with Gasteiger partial charge in [0.05, 0.1) is 6.61 Å². The lowest BCUT2D eigenvalue weighted by molar-refractivity contribution is -0.0498. The molecule has 1 amide bonds. The summed E-state index contributed by atoms with van der Waals surface area (Å²) < 4.78 is 67.1. The van der Waals surface area contributed by atoms with Gasteiger partial charge in [0.1, 0.15) is 29.1 Å². The number of hydrogen-bond donors (Lipinski definition) is 2. The van der Waals surface area contributed by atoms with E-state index < -0.39 is 48.2 Å². The van der Waals surface area contributed by atoms with Crippen LogP contribution in [0.4, 0.5) is 17.6 Å². The first kappa shape index (κ1) is 21.1. The number of aliphatic hydroxyl groups excluding tert-OH is 1. The number of ether oxygens (including phenoxy) is 2. The van der Waals surface area contributed by atoms with E-state index in [1.807, 2.05) is 0 Å². The van der Waals surface area contributed by atoms with E-state index in [0.29, 0.717) is 5.56 Å². The van der Waals surface area contributed by atoms with Gasteiger partial charge in [0.15, 0.2) is 17.7 Å². The van der Waals surface area contributed by atoms with Crippen molar-refractivity contribution in [1.29, 1.82) is 0 Å². The molecule has 1 heterocycles. The summed E-state index contributed by atoms with van der Waals surface area (Å²) in [4.78, 5) is 15.3. The van der Waals surface area contributed by atoms with Gasteiger partial charge in [0, 0.05) is 5.56 Å². The Morgan fingerprint density at radius 2 is 1.83 bits per heavy atom. The van der Waals surface area contributed by atoms with E-state index >= 15 is 0 Å². The first-order valence-corrected chi connectivity index (χ1v) is 8.36. The Hall–Kier alpha value is -3.60. The average molecular weight is 426 g/mol. The van der Waals surface area contributed by atoms with Crippen molar-refractivity contribution < 1.29 is 41.4 Å². The van der Waals surface area contributed by atoms with Gasteiger partial charge in [-0.05, 0) is 36.4 Å². The van der Waals surface area contributed by atoms with E-state index in [1.54, 1.807) is 0 Å². The highest BCUT2D eigenvalue weighted by Crippen LogP contribution is 2.29. The van der Waals surface area contributed by atoms with Crippen LogP contribution in [0.3, 0.4) is 0 Å². The second kappa shape index (κ2) is 8.82. The van der Waals surface area contributed by atoms with E-state index in [4.69, 9.17) is 14.9 Å². The fourth-order valence-electron chi connectivity index (χ4n) is 2.54. The van der Waals surface area contributed by atoms with Crippen LogP contribution < -0.4 is 15.2 Å². The SMILES string of the molecule is NC(=O)c1c(F)ccc(O[C@H](CO)c2nc(-c3ccc(OC(F)F)cc3)co2)c1F. The Morgan fingerprint density at radius 1 is 1.13 bits per heavy atom. The van der Waals surface area contributed by atoms with Gasteiger partial charge in [0.2, 0.25) is 5.89 Å². The molecule has 0 saturated heterocycles. The highest BCUT2D eigenvalue weighted by Gasteiger charge is 2.24. The van der Waals surface area contributed by atoms with Gasteiger partial charge in [-0.15, -0.1) is 0 Å². The molecule has 0 bridgehead atoms. The van der Waals surface area contributed by atoms with Crippen molar-refractivity contribution in [3.05, 3.63) is 65.7 Å². The summed E-state index contributed by atoms with van der Waals surface area (Å²) in [7, 11) is 0. The summed E-state index contributed by atoms with van der Waals surface area (Å²) in [5, 5.41) is 9.56. The molecule has 0 saturated carbocycles. The molecule has 3 N–H and O–H groups in total. The number of rotatable bonds is 8. The molecule has 1 aromatic heterocycles. The molecule has 3 aromatic rings. The maximum absolute atomic E-state index is 14.3. The van der Waals surface area contributed by atoms with Crippen molar-refractivity contribution in [2.45, 2.75) is 12.7 Å². The van der Waals surface area contributed by atoms with E-state index in [2.05, 4.69) is 9.72 Å². The molecule has 1 atom stereocenters. The zero-order valence-corrected chi connectivity index (χ0v) is 15.0. The van der Waals surface area contributed by atoms with Gasteiger partial charge in [-0.2, -0.15) is 8.78 Å². The Morgan fingerprint density at radius 3 is 2.43 bits per heavy atom. The lowest BCUT2D eigenvalue weighted by atomic mass is 10.1. The number of aromatic nitrogens is 1. The van der Waals surface area contributed by atoms with Gasteiger partial charge < -0.3 is 24.7 Å². The molecular formula is C19H14F4N2O5. The summed E-state index contributed by atoms with van der Waals surface area (Å²) in [6.07, 6.45) is -0.0823. The van der Waals surface area contributed by atoms with Gasteiger partial charge in [-0.1, -0.05) is 0 Å². The third kappa shape index (κ3) is 4.51. The first-order chi connectivity index (χ1) is 14.3. The van der Waals surface area contributed by atoms with Crippen LogP contribution in [0.15, 0.2) is 47.1 Å². The largest absolute Gasteiger partial charge is 0.475 e. The van der Waals surface area contributed by atoms with E-state index in [9.17, 15) is 27.5 Å². The summed E-state index contributed by atoms with van der Waals surface area (Å²) in [5.41, 5.74) is 4.73. The monoisotopic (exact) mass is 426 g/mol. The zero-order valence-electron chi connectivity index (χ0n) is 15.0. The van der Waals surface area contributed by atoms with Crippen LogP contribution >= 0.6 is 0 Å². The van der Waals surface area contributed by atoms with Crippen LogP contribution in [0.2, 0.25) is 0 Å². The number of carbonyl (C=O) groups excluding carboxylic acids is 1. The number of oxazole rings is 1. The summed E-state index contributed by atoms with van der Waals surface area (Å²) in [6.45, 7) is -3.65. The van der Waals surface area contributed by atoms with Crippen molar-refractivity contribution in [2.24, 2.45) is 5.73 Å². The van der Waals surface area contributed by atoms with Gasteiger partial charge in [-0.3, -0.25) is 4.79 Å². The number of hydrogen-bond acceptors (Lipinski definition) is 6. The maximum Gasteiger partial charge on any atom is 0.387 e. The number of carbonyl (C=O) groups is 1. The fourth-order valence-corrected chi connectivity index (χ4v) is 2.54. The molecule has 30 heavy (non-hydrogen) atoms. The zero-order chi connectivity index (χ0) is 21.8. The predicted octanol–water partition coefficient (Wildman–Crippen LogP) is 3.43. The van der Waals surface area contributed by atoms with Crippen molar-refractivity contribution in [3.8, 4) is 22.8 Å². The Kier molecular flexibility index (Phi) is 6.21. The minimum Gasteiger partial charge on any atom is -0.475 e. The molecule has 0 aliphatic rings. The lowest BCUT2D eigenvalue weighted by Gasteiger charge is -2.15. The number of amides is 1. The molecule has 7 nitrogen and oxygen atoms in total. The number of primary amides is 1. The molecule has 0 radical (unpaired) electrons. The molecule has 158 valence electrons. The fraction of sp³-hybridized carbons (Fsp3) is 0.158. The van der Waals surface area contributed by atoms with Crippen molar-refractivity contribution in [3.63, 3.8) is 0 Å². The van der Waals surface area contributed by atoms with Crippen LogP contribution in [0.5, 0.6) is 11.5 Å². The van der Waals surface area contributed by atoms with Gasteiger partial charge in [-0.25, -0.2) is 13.8 Å². The third-order valence-corrected chi connectivity index (χ3v) is 3.91. The highest BCUT2D eigenvalue weighted by atomic mass is 19.3. The quantitative estimate of drug-likeness (QED) is 0.535. The minimum absolute atomic E-state index is 0.0499. The number of halogens is 4. The number of nitrogens with zero attached hydrogens (tertiary/aromatic N) is 1. The summed E-state index contributed by atoms with van der Waals surface area (Å²) >= 11 is 0. The Labute approximate surface area is 166 Å². The molecule has 2 aromatic carbocycles. The van der Waals surface area contributed by atoms with Crippen molar-refractivity contribution in [1.82, 2.24) is 4.98 Å². The summed E-state index contributed by atoms with van der Waals surface area (Å²) in [5.74, 6) is -4.56. The predicted molar refractivity (Wildman–Crippen MR) is 93.9 cm³/mol. The van der Waals surface area contributed by atoms with Crippen LogP contribution in [0, 0.1) is 11.6 Å². The Balaban J connectivity index is 1.82. The second-order valence-corrected chi connectivity index (χ2v) is 5.86.